The van der Waals surface area contributed by atoms with Crippen molar-refractivity contribution >= 4 is 35.0 Å². The van der Waals surface area contributed by atoms with Crippen LogP contribution in [-0.4, -0.2) is 29.9 Å². The van der Waals surface area contributed by atoms with Gasteiger partial charge in [-0.1, -0.05) is 60.7 Å². The largest absolute Gasteiger partial charge is 0.453 e. The zero-order valence-corrected chi connectivity index (χ0v) is 26.2. The summed E-state index contributed by atoms with van der Waals surface area (Å²) >= 11 is 0. The van der Waals surface area contributed by atoms with E-state index in [-0.39, 0.29) is 23.6 Å². The molecule has 0 bridgehead atoms. The maximum atomic E-state index is 10.0. The van der Waals surface area contributed by atoms with Gasteiger partial charge in [0.1, 0.15) is 11.5 Å². The van der Waals surface area contributed by atoms with Crippen molar-refractivity contribution in [3.8, 4) is 11.5 Å². The molecular weight excluding hydrogens is 596 g/mol. The highest BCUT2D eigenvalue weighted by molar-refractivity contribution is 6.13. The van der Waals surface area contributed by atoms with Crippen molar-refractivity contribution in [3.05, 3.63) is 144 Å². The highest BCUT2D eigenvalue weighted by atomic mass is 16.7. The van der Waals surface area contributed by atoms with Crippen LogP contribution in [-0.2, 0) is 24.6 Å². The Morgan fingerprint density at radius 1 is 0.553 bits per heavy atom. The van der Waals surface area contributed by atoms with Crippen molar-refractivity contribution in [2.45, 2.75) is 32.5 Å². The monoisotopic (exact) mass is 632 g/mol. The zero-order chi connectivity index (χ0) is 34.0. The summed E-state index contributed by atoms with van der Waals surface area (Å²) < 4.78 is 13.3. The van der Waals surface area contributed by atoms with Crippen LogP contribution in [0.5, 0.6) is 11.5 Å². The number of nitrogen functional groups attached to an aromatic ring is 2. The molecule has 2 heterocycles. The molecule has 6 N–H and O–H groups in total. The molecule has 10 nitrogen and oxygen atoms in total. The smallest absolute Gasteiger partial charge is 0.254 e. The van der Waals surface area contributed by atoms with Crippen molar-refractivity contribution in [2.24, 2.45) is 0 Å². The summed E-state index contributed by atoms with van der Waals surface area (Å²) in [5, 5.41) is 4.06. The van der Waals surface area contributed by atoms with Gasteiger partial charge in [0, 0.05) is 35.7 Å². The third-order valence-corrected chi connectivity index (χ3v) is 7.35. The van der Waals surface area contributed by atoms with Gasteiger partial charge in [0.05, 0.1) is 5.41 Å². The number of anilines is 2. The van der Waals surface area contributed by atoms with Crippen molar-refractivity contribution < 1.29 is 28.7 Å². The van der Waals surface area contributed by atoms with Crippen LogP contribution >= 0.6 is 0 Å². The van der Waals surface area contributed by atoms with Gasteiger partial charge in [-0.25, -0.2) is 0 Å². The van der Waals surface area contributed by atoms with E-state index in [0.717, 1.165) is 33.8 Å². The van der Waals surface area contributed by atoms with Crippen LogP contribution in [0.25, 0.3) is 0 Å². The standard InChI is InChI=1S/C29H30N2O2.2C4H3NO2/c1-20-18-24(30)14-16-26(20)32-28(33-27-17-15-25(31)19-21(27)2)29(3,22-10-6-4-7-11-22)23-12-8-5-9-13-23;2*6-3-1-2-4(7)5-3/h4-19,28H,30-31H2,1-3H3;2*1-2H,(H,5,6,7). The lowest BCUT2D eigenvalue weighted by atomic mass is 9.75. The Kier molecular flexibility index (Phi) is 10.9. The van der Waals surface area contributed by atoms with E-state index in [1.165, 1.54) is 24.3 Å². The second kappa shape index (κ2) is 15.2. The van der Waals surface area contributed by atoms with Crippen molar-refractivity contribution in [3.63, 3.8) is 0 Å². The van der Waals surface area contributed by atoms with Crippen molar-refractivity contribution in [1.82, 2.24) is 10.6 Å². The Bertz CT molecular complexity index is 1660. The molecule has 0 aliphatic carbocycles. The predicted octanol–water partition coefficient (Wildman–Crippen LogP) is 4.66. The number of benzene rings is 4. The minimum absolute atomic E-state index is 0.329. The van der Waals surface area contributed by atoms with Crippen LogP contribution in [0.3, 0.4) is 0 Å². The van der Waals surface area contributed by atoms with E-state index in [1.807, 2.05) is 97.3 Å². The Hall–Kier alpha value is -6.16. The SMILES string of the molecule is Cc1cc(N)ccc1OC(Oc1ccc(N)cc1C)C(C)(c1ccccc1)c1ccccc1.O=C1C=CC(=O)N1.O=C1C=CC(=O)N1. The van der Waals surface area contributed by atoms with Gasteiger partial charge >= 0.3 is 0 Å². The molecule has 0 saturated heterocycles. The molecular formula is C37H36N4O6. The van der Waals surface area contributed by atoms with Gasteiger partial charge < -0.3 is 20.9 Å². The van der Waals surface area contributed by atoms with E-state index in [9.17, 15) is 19.2 Å². The highest BCUT2D eigenvalue weighted by Crippen LogP contribution is 2.40. The number of nitrogens with one attached hydrogen (secondary N) is 2. The number of ether oxygens (including phenoxy) is 2. The first-order chi connectivity index (χ1) is 22.4. The van der Waals surface area contributed by atoms with Gasteiger partial charge in [-0.05, 0) is 79.4 Å². The van der Waals surface area contributed by atoms with Crippen molar-refractivity contribution in [1.29, 1.82) is 0 Å². The van der Waals surface area contributed by atoms with Gasteiger partial charge in [-0.15, -0.1) is 0 Å². The average molecular weight is 633 g/mol. The fourth-order valence-electron chi connectivity index (χ4n) is 4.82. The third-order valence-electron chi connectivity index (χ3n) is 7.35. The highest BCUT2D eigenvalue weighted by Gasteiger charge is 2.42. The molecule has 4 amide bonds. The molecule has 4 aromatic carbocycles. The molecule has 0 spiro atoms. The van der Waals surface area contributed by atoms with Crippen LogP contribution in [0, 0.1) is 13.8 Å². The van der Waals surface area contributed by atoms with Crippen molar-refractivity contribution in [2.75, 3.05) is 11.5 Å². The number of hydrogen-bond acceptors (Lipinski definition) is 8. The number of imide groups is 2. The number of nitrogens with two attached hydrogens (primary N) is 2. The van der Waals surface area contributed by atoms with Gasteiger partial charge in [-0.3, -0.25) is 29.8 Å². The van der Waals surface area contributed by atoms with E-state index in [4.69, 9.17) is 20.9 Å². The summed E-state index contributed by atoms with van der Waals surface area (Å²) in [5.41, 5.74) is 16.8. The lowest BCUT2D eigenvalue weighted by Crippen LogP contribution is -2.46. The summed E-state index contributed by atoms with van der Waals surface area (Å²) in [7, 11) is 0. The second-order valence-corrected chi connectivity index (χ2v) is 10.9. The fourth-order valence-corrected chi connectivity index (χ4v) is 4.82. The van der Waals surface area contributed by atoms with Gasteiger partial charge in [0.2, 0.25) is 0 Å². The maximum absolute atomic E-state index is 10.0. The zero-order valence-electron chi connectivity index (χ0n) is 26.2. The van der Waals surface area contributed by atoms with Crippen LogP contribution in [0.1, 0.15) is 29.2 Å². The lowest BCUT2D eigenvalue weighted by molar-refractivity contribution is -0.125. The van der Waals surface area contributed by atoms with E-state index >= 15 is 0 Å². The minimum Gasteiger partial charge on any atom is -0.453 e. The summed E-state index contributed by atoms with van der Waals surface area (Å²) in [5.74, 6) is 0.130. The first-order valence-electron chi connectivity index (χ1n) is 14.7. The number of carbonyl (C=O) groups is 4. The number of amides is 4. The van der Waals surface area contributed by atoms with E-state index in [2.05, 4.69) is 31.2 Å². The number of carbonyl (C=O) groups excluding carboxylic acids is 4. The quantitative estimate of drug-likeness (QED) is 0.130. The summed E-state index contributed by atoms with van der Waals surface area (Å²) in [4.78, 5) is 40.1. The van der Waals surface area contributed by atoms with Gasteiger partial charge in [0.15, 0.2) is 0 Å². The fraction of sp³-hybridized carbons (Fsp3) is 0.135. The maximum Gasteiger partial charge on any atom is 0.254 e. The molecule has 10 heteroatoms. The molecule has 6 rings (SSSR count). The molecule has 4 aromatic rings. The van der Waals surface area contributed by atoms with Gasteiger partial charge in [0.25, 0.3) is 29.9 Å². The van der Waals surface area contributed by atoms with Crippen LogP contribution in [0.4, 0.5) is 11.4 Å². The van der Waals surface area contributed by atoms with Crippen LogP contribution in [0.2, 0.25) is 0 Å². The molecule has 2 aliphatic heterocycles. The Morgan fingerprint density at radius 3 is 1.17 bits per heavy atom. The molecule has 240 valence electrons. The Labute approximate surface area is 273 Å². The Morgan fingerprint density at radius 2 is 0.894 bits per heavy atom. The minimum atomic E-state index is -0.674. The van der Waals surface area contributed by atoms with Gasteiger partial charge in [-0.2, -0.15) is 0 Å². The first-order valence-corrected chi connectivity index (χ1v) is 14.7. The molecule has 47 heavy (non-hydrogen) atoms. The second-order valence-electron chi connectivity index (χ2n) is 10.9. The molecule has 0 unspecified atom stereocenters. The number of aryl methyl sites for hydroxylation is 2. The number of hydrogen-bond donors (Lipinski definition) is 4. The van der Waals surface area contributed by atoms with Crippen LogP contribution < -0.4 is 31.6 Å². The third kappa shape index (κ3) is 8.95. The molecule has 0 aromatic heterocycles. The summed E-state index contributed by atoms with van der Waals surface area (Å²) in [6, 6.07) is 31.9. The summed E-state index contributed by atoms with van der Waals surface area (Å²) in [6.07, 6.45) is 4.11. The normalized spacial score (nSPS) is 13.3. The average Bonchev–Trinajstić information content (AvgIpc) is 3.64. The molecule has 0 atom stereocenters. The van der Waals surface area contributed by atoms with E-state index in [1.54, 1.807) is 0 Å². The molecule has 0 radical (unpaired) electrons. The predicted molar refractivity (Wildman–Crippen MR) is 180 cm³/mol. The Balaban J connectivity index is 0.000000292. The molecule has 0 fully saturated rings. The van der Waals surface area contributed by atoms with Crippen LogP contribution in [0.15, 0.2) is 121 Å². The summed E-state index contributed by atoms with van der Waals surface area (Å²) in [6.45, 7) is 6.13. The molecule has 0 saturated carbocycles. The van der Waals surface area contributed by atoms with E-state index < -0.39 is 11.7 Å². The lowest BCUT2D eigenvalue weighted by Gasteiger charge is -2.39. The first kappa shape index (κ1) is 33.7. The topological polar surface area (TPSA) is 163 Å². The number of rotatable bonds is 7. The molecule has 2 aliphatic rings. The van der Waals surface area contributed by atoms with E-state index in [0.29, 0.717) is 11.4 Å².